The average molecular weight is 276 g/mol. The van der Waals surface area contributed by atoms with Crippen LogP contribution in [-0.2, 0) is 11.4 Å². The van der Waals surface area contributed by atoms with E-state index in [1.165, 1.54) is 18.3 Å². The number of rotatable bonds is 4. The fraction of sp³-hybridized carbons (Fsp3) is 0.455. The lowest BCUT2D eigenvalue weighted by Gasteiger charge is -2.17. The van der Waals surface area contributed by atoms with E-state index in [-0.39, 0.29) is 5.88 Å². The molecular weight excluding hydrogens is 262 g/mol. The van der Waals surface area contributed by atoms with Crippen LogP contribution in [0.25, 0.3) is 0 Å². The molecule has 0 aliphatic rings. The summed E-state index contributed by atoms with van der Waals surface area (Å²) in [5.41, 5.74) is 0.311. The van der Waals surface area contributed by atoms with Crippen LogP contribution in [0, 0.1) is 0 Å². The molecule has 0 aliphatic carbocycles. The fourth-order valence-electron chi connectivity index (χ4n) is 0.920. The number of aromatic nitrogens is 1. The molecule has 0 aliphatic heterocycles. The second-order valence-corrected chi connectivity index (χ2v) is 6.31. The van der Waals surface area contributed by atoms with Crippen molar-refractivity contribution < 1.29 is 18.1 Å². The molecule has 18 heavy (non-hydrogen) atoms. The van der Waals surface area contributed by atoms with Crippen LogP contribution in [0.4, 0.5) is 8.78 Å². The number of hydrogen-bond acceptors (Lipinski definition) is 4. The summed E-state index contributed by atoms with van der Waals surface area (Å²) < 4.78 is 43.1. The molecule has 1 heterocycles. The van der Waals surface area contributed by atoms with Gasteiger partial charge >= 0.3 is 6.61 Å². The number of nitrogens with zero attached hydrogens (tertiary/aromatic N) is 2. The summed E-state index contributed by atoms with van der Waals surface area (Å²) in [5.74, 6) is -0.199. The Morgan fingerprint density at radius 2 is 2.11 bits per heavy atom. The van der Waals surface area contributed by atoms with Crippen molar-refractivity contribution in [2.45, 2.75) is 32.1 Å². The first-order valence-electron chi connectivity index (χ1n) is 5.17. The predicted molar refractivity (Wildman–Crippen MR) is 66.4 cm³/mol. The minimum absolute atomic E-state index is 0.199. The number of hydrogen-bond donors (Lipinski definition) is 0. The van der Waals surface area contributed by atoms with Crippen molar-refractivity contribution in [2.24, 2.45) is 4.40 Å². The zero-order valence-electron chi connectivity index (χ0n) is 10.3. The minimum Gasteiger partial charge on any atom is -0.591 e. The topological polar surface area (TPSA) is 57.5 Å². The molecule has 1 unspecified atom stereocenters. The van der Waals surface area contributed by atoms with E-state index < -0.39 is 22.7 Å². The van der Waals surface area contributed by atoms with E-state index >= 15 is 0 Å². The standard InChI is InChI=1S/C11H14F2N2O2S/c1-11(2,3)18(16)14-7-8-5-4-6-9(15-8)17-10(12)13/h4-7,10H,1-3H3. The van der Waals surface area contributed by atoms with Gasteiger partial charge in [-0.15, -0.1) is 0 Å². The number of ether oxygens (including phenoxy) is 1. The second kappa shape index (κ2) is 6.10. The van der Waals surface area contributed by atoms with Crippen LogP contribution < -0.4 is 4.74 Å². The van der Waals surface area contributed by atoms with Crippen molar-refractivity contribution >= 4 is 17.6 Å². The first-order chi connectivity index (χ1) is 8.29. The Morgan fingerprint density at radius 3 is 2.67 bits per heavy atom. The van der Waals surface area contributed by atoms with Gasteiger partial charge in [-0.2, -0.15) is 8.78 Å². The van der Waals surface area contributed by atoms with Crippen LogP contribution >= 0.6 is 0 Å². The Bertz CT molecular complexity index is 422. The Kier molecular flexibility index (Phi) is 5.03. The number of pyridine rings is 1. The highest BCUT2D eigenvalue weighted by Gasteiger charge is 2.25. The summed E-state index contributed by atoms with van der Waals surface area (Å²) >= 11 is -1.41. The third kappa shape index (κ3) is 4.97. The summed E-state index contributed by atoms with van der Waals surface area (Å²) in [7, 11) is 0. The Hall–Kier alpha value is -1.21. The van der Waals surface area contributed by atoms with E-state index in [2.05, 4.69) is 14.1 Å². The number of halogens is 2. The van der Waals surface area contributed by atoms with Gasteiger partial charge in [0.05, 0.1) is 5.69 Å². The van der Waals surface area contributed by atoms with Crippen molar-refractivity contribution in [3.8, 4) is 5.88 Å². The van der Waals surface area contributed by atoms with Gasteiger partial charge in [-0.1, -0.05) is 10.5 Å². The van der Waals surface area contributed by atoms with E-state index in [0.717, 1.165) is 0 Å². The van der Waals surface area contributed by atoms with Crippen LogP contribution in [-0.4, -0.2) is 27.1 Å². The molecule has 1 atom stereocenters. The maximum absolute atomic E-state index is 12.0. The van der Waals surface area contributed by atoms with Gasteiger partial charge in [0.15, 0.2) is 0 Å². The minimum atomic E-state index is -2.92. The largest absolute Gasteiger partial charge is 0.591 e. The molecule has 1 aromatic rings. The van der Waals surface area contributed by atoms with Gasteiger partial charge in [-0.3, -0.25) is 0 Å². The van der Waals surface area contributed by atoms with Crippen LogP contribution in [0.15, 0.2) is 22.6 Å². The van der Waals surface area contributed by atoms with Gasteiger partial charge in [-0.25, -0.2) is 4.98 Å². The third-order valence-corrected chi connectivity index (χ3v) is 3.10. The Labute approximate surface area is 107 Å². The van der Waals surface area contributed by atoms with E-state index in [4.69, 9.17) is 0 Å². The van der Waals surface area contributed by atoms with E-state index in [9.17, 15) is 13.3 Å². The van der Waals surface area contributed by atoms with Crippen LogP contribution in [0.3, 0.4) is 0 Å². The molecule has 0 spiro atoms. The Morgan fingerprint density at radius 1 is 1.44 bits per heavy atom. The second-order valence-electron chi connectivity index (χ2n) is 4.38. The van der Waals surface area contributed by atoms with Gasteiger partial charge in [0.2, 0.25) is 5.88 Å². The molecule has 0 aromatic carbocycles. The van der Waals surface area contributed by atoms with Gasteiger partial charge in [0.1, 0.15) is 22.3 Å². The predicted octanol–water partition coefficient (Wildman–Crippen LogP) is 2.56. The first-order valence-corrected chi connectivity index (χ1v) is 6.27. The van der Waals surface area contributed by atoms with Crippen molar-refractivity contribution in [1.29, 1.82) is 0 Å². The highest BCUT2D eigenvalue weighted by Crippen LogP contribution is 2.17. The molecule has 0 fully saturated rings. The summed E-state index contributed by atoms with van der Waals surface area (Å²) in [6, 6.07) is 4.37. The lowest BCUT2D eigenvalue weighted by molar-refractivity contribution is -0.0528. The molecule has 0 amide bonds. The highest BCUT2D eigenvalue weighted by atomic mass is 32.2. The van der Waals surface area contributed by atoms with E-state index in [1.807, 2.05) is 0 Å². The molecule has 0 bridgehead atoms. The molecular formula is C11H14F2N2O2S. The van der Waals surface area contributed by atoms with Gasteiger partial charge in [-0.05, 0) is 26.8 Å². The fourth-order valence-corrected chi connectivity index (χ4v) is 1.44. The first kappa shape index (κ1) is 14.8. The van der Waals surface area contributed by atoms with Crippen molar-refractivity contribution in [3.05, 3.63) is 23.9 Å². The quantitative estimate of drug-likeness (QED) is 0.627. The molecule has 0 radical (unpaired) electrons. The summed E-state index contributed by atoms with van der Waals surface area (Å²) in [6.45, 7) is 2.42. The summed E-state index contributed by atoms with van der Waals surface area (Å²) in [4.78, 5) is 3.78. The van der Waals surface area contributed by atoms with E-state index in [1.54, 1.807) is 26.8 Å². The molecule has 0 saturated heterocycles. The molecule has 1 rings (SSSR count). The Balaban J connectivity index is 2.76. The van der Waals surface area contributed by atoms with Gasteiger partial charge < -0.3 is 9.29 Å². The highest BCUT2D eigenvalue weighted by molar-refractivity contribution is 7.91. The number of alkyl halides is 2. The molecule has 4 nitrogen and oxygen atoms in total. The summed E-state index contributed by atoms with van der Waals surface area (Å²) in [5, 5.41) is 0. The molecule has 0 N–H and O–H groups in total. The van der Waals surface area contributed by atoms with E-state index in [0.29, 0.717) is 5.69 Å². The van der Waals surface area contributed by atoms with Gasteiger partial charge in [0.25, 0.3) is 0 Å². The van der Waals surface area contributed by atoms with Crippen LogP contribution in [0.2, 0.25) is 0 Å². The van der Waals surface area contributed by atoms with Crippen molar-refractivity contribution in [1.82, 2.24) is 4.98 Å². The lowest BCUT2D eigenvalue weighted by Crippen LogP contribution is -2.25. The van der Waals surface area contributed by atoms with Gasteiger partial charge in [0, 0.05) is 6.07 Å². The molecule has 0 saturated carbocycles. The maximum Gasteiger partial charge on any atom is 0.388 e. The maximum atomic E-state index is 12.0. The zero-order chi connectivity index (χ0) is 13.8. The zero-order valence-corrected chi connectivity index (χ0v) is 11.1. The summed E-state index contributed by atoms with van der Waals surface area (Å²) in [6.07, 6.45) is 1.28. The normalized spacial score (nSPS) is 14.2. The van der Waals surface area contributed by atoms with Crippen LogP contribution in [0.5, 0.6) is 5.88 Å². The molecule has 1 aromatic heterocycles. The average Bonchev–Trinajstić information content (AvgIpc) is 2.24. The lowest BCUT2D eigenvalue weighted by atomic mass is 10.3. The SMILES string of the molecule is CC(C)(C)[S+]([O-])N=Cc1cccc(OC(F)F)n1. The monoisotopic (exact) mass is 276 g/mol. The smallest absolute Gasteiger partial charge is 0.388 e. The molecule has 100 valence electrons. The van der Waals surface area contributed by atoms with Crippen molar-refractivity contribution in [2.75, 3.05) is 0 Å². The molecule has 7 heteroatoms. The van der Waals surface area contributed by atoms with Crippen LogP contribution in [0.1, 0.15) is 26.5 Å². The van der Waals surface area contributed by atoms with Crippen molar-refractivity contribution in [3.63, 3.8) is 0 Å². The third-order valence-electron chi connectivity index (χ3n) is 1.76.